The zero-order valence-electron chi connectivity index (χ0n) is 15.1. The van der Waals surface area contributed by atoms with Gasteiger partial charge in [0.15, 0.2) is 6.61 Å². The van der Waals surface area contributed by atoms with Crippen LogP contribution in [0, 0.1) is 13.8 Å². The monoisotopic (exact) mass is 345 g/mol. The summed E-state index contributed by atoms with van der Waals surface area (Å²) in [6.07, 6.45) is 0. The largest absolute Gasteiger partial charge is 0.484 e. The first-order valence-corrected chi connectivity index (χ1v) is 8.73. The van der Waals surface area contributed by atoms with Gasteiger partial charge in [0.25, 0.3) is 5.91 Å². The molecule has 0 aromatic heterocycles. The van der Waals surface area contributed by atoms with Crippen molar-refractivity contribution in [1.29, 1.82) is 0 Å². The normalized spacial score (nSPS) is 11.6. The smallest absolute Gasteiger partial charge is 0.258 e. The summed E-state index contributed by atoms with van der Waals surface area (Å²) in [6.45, 7) is 4.01. The number of aryl methyl sites for hydroxylation is 2. The number of para-hydroxylation sites is 1. The van der Waals surface area contributed by atoms with Crippen LogP contribution in [0.15, 0.2) is 78.9 Å². The van der Waals surface area contributed by atoms with E-state index < -0.39 is 0 Å². The fourth-order valence-corrected chi connectivity index (χ4v) is 2.96. The zero-order valence-corrected chi connectivity index (χ0v) is 15.1. The quantitative estimate of drug-likeness (QED) is 0.710. The molecule has 0 saturated carbocycles. The van der Waals surface area contributed by atoms with Gasteiger partial charge >= 0.3 is 0 Å². The first kappa shape index (κ1) is 17.7. The highest BCUT2D eigenvalue weighted by molar-refractivity contribution is 5.78. The Hall–Kier alpha value is -3.07. The molecule has 0 bridgehead atoms. The van der Waals surface area contributed by atoms with Crippen LogP contribution in [-0.2, 0) is 4.79 Å². The van der Waals surface area contributed by atoms with E-state index in [9.17, 15) is 4.79 Å². The summed E-state index contributed by atoms with van der Waals surface area (Å²) in [5.74, 6) is 0.583. The van der Waals surface area contributed by atoms with Gasteiger partial charge in [-0.25, -0.2) is 0 Å². The molecule has 1 amide bonds. The maximum Gasteiger partial charge on any atom is 0.258 e. The lowest BCUT2D eigenvalue weighted by Crippen LogP contribution is -2.33. The standard InChI is InChI=1S/C23H23NO2/c1-17-10-6-8-14-20(17)23(19-12-4-3-5-13-19)24-22(25)16-26-21-15-9-7-11-18(21)2/h3-15,23H,16H2,1-2H3,(H,24,25)/t23-/m1/s1. The molecule has 1 atom stereocenters. The fourth-order valence-electron chi connectivity index (χ4n) is 2.96. The second-order valence-corrected chi connectivity index (χ2v) is 6.32. The van der Waals surface area contributed by atoms with Crippen molar-refractivity contribution in [3.05, 3.63) is 101 Å². The zero-order chi connectivity index (χ0) is 18.4. The minimum atomic E-state index is -0.203. The molecule has 0 saturated heterocycles. The predicted molar refractivity (Wildman–Crippen MR) is 104 cm³/mol. The van der Waals surface area contributed by atoms with Gasteiger partial charge in [-0.1, -0.05) is 72.8 Å². The highest BCUT2D eigenvalue weighted by atomic mass is 16.5. The molecule has 3 nitrogen and oxygen atoms in total. The Kier molecular flexibility index (Phi) is 5.69. The maximum absolute atomic E-state index is 12.6. The Morgan fingerprint density at radius 3 is 2.15 bits per heavy atom. The summed E-state index contributed by atoms with van der Waals surface area (Å²) in [7, 11) is 0. The molecule has 3 heteroatoms. The molecule has 0 radical (unpaired) electrons. The van der Waals surface area contributed by atoms with E-state index in [0.717, 1.165) is 28.0 Å². The second-order valence-electron chi connectivity index (χ2n) is 6.32. The molecule has 0 aliphatic carbocycles. The average Bonchev–Trinajstić information content (AvgIpc) is 2.67. The number of benzene rings is 3. The van der Waals surface area contributed by atoms with E-state index in [1.54, 1.807) is 0 Å². The van der Waals surface area contributed by atoms with Crippen LogP contribution >= 0.6 is 0 Å². The lowest BCUT2D eigenvalue weighted by atomic mass is 9.95. The number of hydrogen-bond donors (Lipinski definition) is 1. The highest BCUT2D eigenvalue weighted by Crippen LogP contribution is 2.25. The van der Waals surface area contributed by atoms with Crippen molar-refractivity contribution in [2.24, 2.45) is 0 Å². The van der Waals surface area contributed by atoms with Crippen molar-refractivity contribution in [3.63, 3.8) is 0 Å². The molecule has 0 aliphatic rings. The van der Waals surface area contributed by atoms with Crippen molar-refractivity contribution in [3.8, 4) is 5.75 Å². The molecule has 3 rings (SSSR count). The van der Waals surface area contributed by atoms with Crippen LogP contribution in [0.3, 0.4) is 0 Å². The Morgan fingerprint density at radius 2 is 1.46 bits per heavy atom. The molecule has 1 N–H and O–H groups in total. The molecule has 0 heterocycles. The minimum absolute atomic E-state index is 0.0138. The number of nitrogens with one attached hydrogen (secondary N) is 1. The molecule has 26 heavy (non-hydrogen) atoms. The van der Waals surface area contributed by atoms with Crippen molar-refractivity contribution < 1.29 is 9.53 Å². The first-order chi connectivity index (χ1) is 12.6. The molecule has 0 fully saturated rings. The van der Waals surface area contributed by atoms with Gasteiger partial charge < -0.3 is 10.1 Å². The molecule has 3 aromatic rings. The minimum Gasteiger partial charge on any atom is -0.484 e. The van der Waals surface area contributed by atoms with Gasteiger partial charge in [0.05, 0.1) is 6.04 Å². The molecular weight excluding hydrogens is 322 g/mol. The van der Waals surface area contributed by atoms with Gasteiger partial charge in [0, 0.05) is 0 Å². The third-order valence-corrected chi connectivity index (χ3v) is 4.39. The summed E-state index contributed by atoms with van der Waals surface area (Å²) >= 11 is 0. The Balaban J connectivity index is 1.77. The molecule has 3 aromatic carbocycles. The molecule has 0 aliphatic heterocycles. The van der Waals surface area contributed by atoms with Crippen LogP contribution in [0.4, 0.5) is 0 Å². The van der Waals surface area contributed by atoms with Crippen molar-refractivity contribution in [2.75, 3.05) is 6.61 Å². The molecule has 0 spiro atoms. The van der Waals surface area contributed by atoms with Crippen LogP contribution in [-0.4, -0.2) is 12.5 Å². The van der Waals surface area contributed by atoms with Gasteiger partial charge in [0.1, 0.15) is 5.75 Å². The van der Waals surface area contributed by atoms with E-state index in [4.69, 9.17) is 4.74 Å². The van der Waals surface area contributed by atoms with Crippen LogP contribution in [0.1, 0.15) is 28.3 Å². The van der Waals surface area contributed by atoms with Gasteiger partial charge in [0.2, 0.25) is 0 Å². The lowest BCUT2D eigenvalue weighted by molar-refractivity contribution is -0.123. The summed E-state index contributed by atoms with van der Waals surface area (Å²) in [4.78, 5) is 12.6. The van der Waals surface area contributed by atoms with E-state index in [2.05, 4.69) is 24.4 Å². The van der Waals surface area contributed by atoms with Crippen LogP contribution in [0.25, 0.3) is 0 Å². The topological polar surface area (TPSA) is 38.3 Å². The van der Waals surface area contributed by atoms with Crippen molar-refractivity contribution in [2.45, 2.75) is 19.9 Å². The van der Waals surface area contributed by atoms with E-state index in [-0.39, 0.29) is 18.6 Å². The van der Waals surface area contributed by atoms with Gasteiger partial charge in [-0.05, 0) is 42.2 Å². The number of rotatable bonds is 6. The predicted octanol–water partition coefficient (Wildman–Crippen LogP) is 4.59. The van der Waals surface area contributed by atoms with Gasteiger partial charge in [-0.3, -0.25) is 4.79 Å². The Morgan fingerprint density at radius 1 is 0.846 bits per heavy atom. The van der Waals surface area contributed by atoms with Crippen LogP contribution in [0.2, 0.25) is 0 Å². The number of carbonyl (C=O) groups is 1. The summed E-state index contributed by atoms with van der Waals surface area (Å²) in [5, 5.41) is 3.12. The van der Waals surface area contributed by atoms with Gasteiger partial charge in [-0.15, -0.1) is 0 Å². The summed E-state index contributed by atoms with van der Waals surface area (Å²) in [6, 6.07) is 25.6. The van der Waals surface area contributed by atoms with Gasteiger partial charge in [-0.2, -0.15) is 0 Å². The molecule has 132 valence electrons. The fraction of sp³-hybridized carbons (Fsp3) is 0.174. The average molecular weight is 345 g/mol. The number of hydrogen-bond acceptors (Lipinski definition) is 2. The van der Waals surface area contributed by atoms with E-state index in [1.165, 1.54) is 0 Å². The Labute approximate surface area is 154 Å². The van der Waals surface area contributed by atoms with Crippen molar-refractivity contribution in [1.82, 2.24) is 5.32 Å². The SMILES string of the molecule is Cc1ccccc1OCC(=O)N[C@H](c1ccccc1)c1ccccc1C. The second kappa shape index (κ2) is 8.34. The van der Waals surface area contributed by atoms with E-state index >= 15 is 0 Å². The van der Waals surface area contributed by atoms with Crippen LogP contribution in [0.5, 0.6) is 5.75 Å². The third-order valence-electron chi connectivity index (χ3n) is 4.39. The molecular formula is C23H23NO2. The molecule has 0 unspecified atom stereocenters. The van der Waals surface area contributed by atoms with E-state index in [0.29, 0.717) is 0 Å². The highest BCUT2D eigenvalue weighted by Gasteiger charge is 2.18. The third kappa shape index (κ3) is 4.31. The number of carbonyl (C=O) groups excluding carboxylic acids is 1. The number of ether oxygens (including phenoxy) is 1. The lowest BCUT2D eigenvalue weighted by Gasteiger charge is -2.22. The number of amides is 1. The van der Waals surface area contributed by atoms with Crippen LogP contribution < -0.4 is 10.1 Å². The summed E-state index contributed by atoms with van der Waals surface area (Å²) in [5.41, 5.74) is 4.29. The summed E-state index contributed by atoms with van der Waals surface area (Å²) < 4.78 is 5.69. The van der Waals surface area contributed by atoms with E-state index in [1.807, 2.05) is 73.7 Å². The van der Waals surface area contributed by atoms with Crippen molar-refractivity contribution >= 4 is 5.91 Å². The Bertz CT molecular complexity index is 874. The maximum atomic E-state index is 12.6. The first-order valence-electron chi connectivity index (χ1n) is 8.73.